The number of ether oxygens (including phenoxy) is 1. The number of morpholine rings is 1. The molecule has 2 heterocycles. The minimum Gasteiger partial charge on any atom is -0.378 e. The Morgan fingerprint density at radius 2 is 2.08 bits per heavy atom. The molecule has 2 aromatic rings. The normalized spacial score (nSPS) is 14.1. The van der Waals surface area contributed by atoms with Crippen LogP contribution in [0, 0.1) is 17.0 Å². The smallest absolute Gasteiger partial charge is 0.273 e. The van der Waals surface area contributed by atoms with Gasteiger partial charge in [0.15, 0.2) is 0 Å². The number of hydrogen-bond acceptors (Lipinski definition) is 6. The molecule has 3 rings (SSSR count). The number of nitrogens with one attached hydrogen (secondary N) is 1. The lowest BCUT2D eigenvalue weighted by molar-refractivity contribution is -0.385. The lowest BCUT2D eigenvalue weighted by Gasteiger charge is -2.29. The number of aromatic nitrogens is 1. The molecule has 136 valence electrons. The van der Waals surface area contributed by atoms with Crippen LogP contribution in [0.4, 0.5) is 11.5 Å². The second-order valence-electron chi connectivity index (χ2n) is 5.98. The molecule has 1 fully saturated rings. The molecule has 1 saturated heterocycles. The number of carbonyl (C=O) groups is 1. The first-order valence-corrected chi connectivity index (χ1v) is 8.36. The molecule has 1 aromatic carbocycles. The summed E-state index contributed by atoms with van der Waals surface area (Å²) in [6.45, 7) is 4.67. The lowest BCUT2D eigenvalue weighted by Crippen LogP contribution is -2.37. The number of rotatable bonds is 5. The van der Waals surface area contributed by atoms with Gasteiger partial charge in [0, 0.05) is 48.6 Å². The molecule has 1 N–H and O–H groups in total. The number of carbonyl (C=O) groups excluding carboxylic acids is 1. The first kappa shape index (κ1) is 17.8. The number of pyridine rings is 1. The van der Waals surface area contributed by atoms with E-state index in [1.807, 2.05) is 12.1 Å². The van der Waals surface area contributed by atoms with E-state index in [0.717, 1.165) is 24.5 Å². The largest absolute Gasteiger partial charge is 0.378 e. The minimum atomic E-state index is -0.482. The van der Waals surface area contributed by atoms with Crippen molar-refractivity contribution in [2.45, 2.75) is 13.5 Å². The zero-order valence-corrected chi connectivity index (χ0v) is 14.5. The van der Waals surface area contributed by atoms with Crippen LogP contribution < -0.4 is 10.2 Å². The van der Waals surface area contributed by atoms with Gasteiger partial charge >= 0.3 is 0 Å². The number of amides is 1. The van der Waals surface area contributed by atoms with Crippen molar-refractivity contribution >= 4 is 17.4 Å². The van der Waals surface area contributed by atoms with Crippen molar-refractivity contribution in [1.29, 1.82) is 0 Å². The van der Waals surface area contributed by atoms with Gasteiger partial charge in [-0.1, -0.05) is 12.1 Å². The second kappa shape index (κ2) is 7.92. The zero-order valence-electron chi connectivity index (χ0n) is 14.5. The van der Waals surface area contributed by atoms with Crippen molar-refractivity contribution in [3.63, 3.8) is 0 Å². The fourth-order valence-corrected chi connectivity index (χ4v) is 2.97. The van der Waals surface area contributed by atoms with E-state index in [1.165, 1.54) is 12.1 Å². The van der Waals surface area contributed by atoms with E-state index in [4.69, 9.17) is 4.74 Å². The van der Waals surface area contributed by atoms with Gasteiger partial charge in [-0.15, -0.1) is 0 Å². The molecule has 8 heteroatoms. The quantitative estimate of drug-likeness (QED) is 0.650. The third-order valence-corrected chi connectivity index (χ3v) is 4.36. The number of nitrogens with zero attached hydrogens (tertiary/aromatic N) is 3. The maximum atomic E-state index is 12.5. The van der Waals surface area contributed by atoms with Gasteiger partial charge in [-0.05, 0) is 19.1 Å². The maximum Gasteiger partial charge on any atom is 0.273 e. The van der Waals surface area contributed by atoms with Crippen molar-refractivity contribution in [3.8, 4) is 0 Å². The van der Waals surface area contributed by atoms with E-state index in [0.29, 0.717) is 30.9 Å². The molecule has 0 aliphatic carbocycles. The van der Waals surface area contributed by atoms with Gasteiger partial charge in [-0.25, -0.2) is 4.98 Å². The van der Waals surface area contributed by atoms with Crippen LogP contribution in [0.3, 0.4) is 0 Å². The van der Waals surface area contributed by atoms with Crippen LogP contribution in [0.5, 0.6) is 0 Å². The Morgan fingerprint density at radius 3 is 2.81 bits per heavy atom. The lowest BCUT2D eigenvalue weighted by atomic mass is 10.1. The van der Waals surface area contributed by atoms with Gasteiger partial charge in [0.1, 0.15) is 5.82 Å². The third-order valence-electron chi connectivity index (χ3n) is 4.36. The Hall–Kier alpha value is -3.00. The minimum absolute atomic E-state index is 0.0620. The molecular weight excluding hydrogens is 336 g/mol. The number of nitro benzene ring substituents is 1. The van der Waals surface area contributed by atoms with Crippen molar-refractivity contribution in [2.75, 3.05) is 31.2 Å². The number of hydrogen-bond donors (Lipinski definition) is 1. The Labute approximate surface area is 150 Å². The molecule has 0 unspecified atom stereocenters. The van der Waals surface area contributed by atoms with Crippen molar-refractivity contribution in [3.05, 3.63) is 63.3 Å². The SMILES string of the molecule is Cc1c(C(=O)NCc2cccnc2N2CCOCC2)cccc1[N+](=O)[O-]. The summed E-state index contributed by atoms with van der Waals surface area (Å²) in [5.41, 5.74) is 1.49. The first-order chi connectivity index (χ1) is 12.6. The summed E-state index contributed by atoms with van der Waals surface area (Å²) in [6.07, 6.45) is 1.72. The molecule has 1 amide bonds. The van der Waals surface area contributed by atoms with Crippen LogP contribution in [-0.2, 0) is 11.3 Å². The Bertz CT molecular complexity index is 819. The Balaban J connectivity index is 1.75. The summed E-state index contributed by atoms with van der Waals surface area (Å²) in [5.74, 6) is 0.481. The van der Waals surface area contributed by atoms with Gasteiger partial charge in [0.25, 0.3) is 11.6 Å². The van der Waals surface area contributed by atoms with Crippen molar-refractivity contribution < 1.29 is 14.5 Å². The fraction of sp³-hybridized carbons (Fsp3) is 0.333. The van der Waals surface area contributed by atoms with Crippen LogP contribution in [0.1, 0.15) is 21.5 Å². The highest BCUT2D eigenvalue weighted by Gasteiger charge is 2.19. The molecule has 1 aliphatic heterocycles. The molecule has 0 saturated carbocycles. The summed E-state index contributed by atoms with van der Waals surface area (Å²) >= 11 is 0. The van der Waals surface area contributed by atoms with Crippen LogP contribution in [0.15, 0.2) is 36.5 Å². The van der Waals surface area contributed by atoms with E-state index in [2.05, 4.69) is 15.2 Å². The molecule has 0 bridgehead atoms. The molecule has 26 heavy (non-hydrogen) atoms. The van der Waals surface area contributed by atoms with Gasteiger partial charge in [0.05, 0.1) is 18.1 Å². The van der Waals surface area contributed by atoms with Crippen LogP contribution in [0.25, 0.3) is 0 Å². The zero-order chi connectivity index (χ0) is 18.5. The van der Waals surface area contributed by atoms with Crippen molar-refractivity contribution in [2.24, 2.45) is 0 Å². The topological polar surface area (TPSA) is 97.6 Å². The predicted molar refractivity (Wildman–Crippen MR) is 96.3 cm³/mol. The molecule has 8 nitrogen and oxygen atoms in total. The summed E-state index contributed by atoms with van der Waals surface area (Å²) in [4.78, 5) is 29.6. The molecular formula is C18H20N4O4. The average molecular weight is 356 g/mol. The van der Waals surface area contributed by atoms with Crippen LogP contribution in [0.2, 0.25) is 0 Å². The van der Waals surface area contributed by atoms with Gasteiger partial charge in [-0.3, -0.25) is 14.9 Å². The first-order valence-electron chi connectivity index (χ1n) is 8.36. The summed E-state index contributed by atoms with van der Waals surface area (Å²) < 4.78 is 5.37. The molecule has 0 radical (unpaired) electrons. The molecule has 1 aromatic heterocycles. The third kappa shape index (κ3) is 3.80. The highest BCUT2D eigenvalue weighted by atomic mass is 16.6. The van der Waals surface area contributed by atoms with E-state index in [-0.39, 0.29) is 11.6 Å². The predicted octanol–water partition coefficient (Wildman–Crippen LogP) is 2.06. The van der Waals surface area contributed by atoms with Crippen LogP contribution in [-0.4, -0.2) is 42.1 Å². The Morgan fingerprint density at radius 1 is 1.31 bits per heavy atom. The fourth-order valence-electron chi connectivity index (χ4n) is 2.97. The summed E-state index contributed by atoms with van der Waals surface area (Å²) in [7, 11) is 0. The number of anilines is 1. The van der Waals surface area contributed by atoms with E-state index >= 15 is 0 Å². The summed E-state index contributed by atoms with van der Waals surface area (Å²) in [6, 6.07) is 8.24. The highest BCUT2D eigenvalue weighted by Crippen LogP contribution is 2.22. The number of benzene rings is 1. The molecule has 1 aliphatic rings. The van der Waals surface area contributed by atoms with Gasteiger partial charge in [-0.2, -0.15) is 0 Å². The number of nitro groups is 1. The van der Waals surface area contributed by atoms with Gasteiger partial charge < -0.3 is 15.0 Å². The van der Waals surface area contributed by atoms with Crippen molar-refractivity contribution in [1.82, 2.24) is 10.3 Å². The standard InChI is InChI=1S/C18H20N4O4/c1-13-15(5-2-6-16(13)22(24)25)18(23)20-12-14-4-3-7-19-17(14)21-8-10-26-11-9-21/h2-7H,8-12H2,1H3,(H,20,23). The highest BCUT2D eigenvalue weighted by molar-refractivity contribution is 5.96. The second-order valence-corrected chi connectivity index (χ2v) is 5.98. The van der Waals surface area contributed by atoms with E-state index in [9.17, 15) is 14.9 Å². The average Bonchev–Trinajstić information content (AvgIpc) is 2.67. The molecule has 0 spiro atoms. The van der Waals surface area contributed by atoms with Crippen LogP contribution >= 0.6 is 0 Å². The summed E-state index contributed by atoms with van der Waals surface area (Å²) in [5, 5.41) is 13.9. The Kier molecular flexibility index (Phi) is 5.43. The van der Waals surface area contributed by atoms with Gasteiger partial charge in [0.2, 0.25) is 0 Å². The van der Waals surface area contributed by atoms with E-state index in [1.54, 1.807) is 19.2 Å². The maximum absolute atomic E-state index is 12.5. The van der Waals surface area contributed by atoms with E-state index < -0.39 is 4.92 Å². The monoisotopic (exact) mass is 356 g/mol. The molecule has 0 atom stereocenters.